The fraction of sp³-hybridized carbons (Fsp3) is 0.455. The van der Waals surface area contributed by atoms with E-state index in [1.165, 1.54) is 6.07 Å². The van der Waals surface area contributed by atoms with Crippen LogP contribution < -0.4 is 35.0 Å². The monoisotopic (exact) mass is 339 g/mol. The number of benzene rings is 1. The lowest BCUT2D eigenvalue weighted by Gasteiger charge is -2.32. The number of quaternary nitrogens is 1. The number of halogens is 2. The standard InChI is InChI=1S/C11H19FN3.HI/c1-8(15(2,3)4)14-11-6-5-9(13)7-10(11)12;/h5-8,14H,13H2,1-4H3;1H/q+1;/p-1. The highest BCUT2D eigenvalue weighted by atomic mass is 127. The molecule has 1 aromatic carbocycles. The van der Waals surface area contributed by atoms with E-state index >= 15 is 0 Å². The van der Waals surface area contributed by atoms with E-state index in [0.29, 0.717) is 15.9 Å². The number of nitrogens with two attached hydrogens (primary N) is 1. The second-order valence-electron chi connectivity index (χ2n) is 4.68. The molecule has 0 aliphatic heterocycles. The van der Waals surface area contributed by atoms with Crippen LogP contribution >= 0.6 is 0 Å². The van der Waals surface area contributed by atoms with Gasteiger partial charge in [0.2, 0.25) is 0 Å². The zero-order valence-electron chi connectivity index (χ0n) is 10.1. The molecule has 0 saturated carbocycles. The Kier molecular flexibility index (Phi) is 5.48. The van der Waals surface area contributed by atoms with Gasteiger partial charge in [0.1, 0.15) is 5.82 Å². The smallest absolute Gasteiger partial charge is 0.158 e. The summed E-state index contributed by atoms with van der Waals surface area (Å²) in [5.41, 5.74) is 6.40. The van der Waals surface area contributed by atoms with Crippen molar-refractivity contribution in [2.75, 3.05) is 32.2 Å². The highest BCUT2D eigenvalue weighted by Crippen LogP contribution is 2.18. The van der Waals surface area contributed by atoms with E-state index < -0.39 is 0 Å². The van der Waals surface area contributed by atoms with Gasteiger partial charge in [-0.1, -0.05) is 0 Å². The average Bonchev–Trinajstić information content (AvgIpc) is 2.08. The first-order chi connectivity index (χ1) is 6.80. The van der Waals surface area contributed by atoms with Crippen molar-refractivity contribution >= 4 is 11.4 Å². The normalized spacial score (nSPS) is 12.8. The van der Waals surface area contributed by atoms with Gasteiger partial charge in [0.15, 0.2) is 6.17 Å². The molecule has 0 amide bonds. The Morgan fingerprint density at radius 2 is 1.88 bits per heavy atom. The molecule has 92 valence electrons. The van der Waals surface area contributed by atoms with Crippen LogP contribution in [0, 0.1) is 5.82 Å². The molecule has 0 aliphatic rings. The van der Waals surface area contributed by atoms with Gasteiger partial charge in [0, 0.05) is 12.6 Å². The minimum absolute atomic E-state index is 0. The Bertz CT molecular complexity index is 350. The molecule has 0 fully saturated rings. The molecule has 16 heavy (non-hydrogen) atoms. The SMILES string of the molecule is CC(Nc1ccc(N)cc1F)[N+](C)(C)C.[I-]. The molecule has 1 atom stereocenters. The molecule has 0 spiro atoms. The van der Waals surface area contributed by atoms with Crippen molar-refractivity contribution in [1.82, 2.24) is 0 Å². The van der Waals surface area contributed by atoms with Crippen molar-refractivity contribution in [3.8, 4) is 0 Å². The summed E-state index contributed by atoms with van der Waals surface area (Å²) in [4.78, 5) is 0. The highest BCUT2D eigenvalue weighted by molar-refractivity contribution is 5.52. The lowest BCUT2D eigenvalue weighted by atomic mass is 10.2. The third-order valence-corrected chi connectivity index (χ3v) is 2.52. The van der Waals surface area contributed by atoms with Gasteiger partial charge in [0.25, 0.3) is 0 Å². The molecule has 1 unspecified atom stereocenters. The summed E-state index contributed by atoms with van der Waals surface area (Å²) in [6.07, 6.45) is 0.128. The van der Waals surface area contributed by atoms with Gasteiger partial charge >= 0.3 is 0 Å². The Morgan fingerprint density at radius 1 is 1.31 bits per heavy atom. The van der Waals surface area contributed by atoms with Crippen molar-refractivity contribution in [1.29, 1.82) is 0 Å². The second kappa shape index (κ2) is 5.67. The lowest BCUT2D eigenvalue weighted by molar-refractivity contribution is -0.890. The predicted octanol–water partition coefficient (Wildman–Crippen LogP) is -1.12. The third kappa shape index (κ3) is 4.13. The zero-order chi connectivity index (χ0) is 11.6. The van der Waals surface area contributed by atoms with Gasteiger partial charge in [-0.15, -0.1) is 0 Å². The fourth-order valence-corrected chi connectivity index (χ4v) is 1.07. The Hall–Kier alpha value is -0.560. The Morgan fingerprint density at radius 3 is 2.31 bits per heavy atom. The number of hydrogen-bond acceptors (Lipinski definition) is 2. The molecule has 1 rings (SSSR count). The summed E-state index contributed by atoms with van der Waals surface area (Å²) in [7, 11) is 6.15. The van der Waals surface area contributed by atoms with Gasteiger partial charge in [-0.2, -0.15) is 0 Å². The van der Waals surface area contributed by atoms with Crippen LogP contribution in [0.3, 0.4) is 0 Å². The number of anilines is 2. The second-order valence-corrected chi connectivity index (χ2v) is 4.68. The lowest BCUT2D eigenvalue weighted by Crippen LogP contribution is -3.00. The third-order valence-electron chi connectivity index (χ3n) is 2.52. The van der Waals surface area contributed by atoms with Gasteiger partial charge in [-0.05, 0) is 18.2 Å². The quantitative estimate of drug-likeness (QED) is 0.317. The van der Waals surface area contributed by atoms with Crippen molar-refractivity contribution in [2.24, 2.45) is 0 Å². The summed E-state index contributed by atoms with van der Waals surface area (Å²) in [6, 6.07) is 4.68. The summed E-state index contributed by atoms with van der Waals surface area (Å²) >= 11 is 0. The molecule has 5 heteroatoms. The predicted molar refractivity (Wildman–Crippen MR) is 61.9 cm³/mol. The van der Waals surface area contributed by atoms with Gasteiger partial charge in [0.05, 0.1) is 26.8 Å². The highest BCUT2D eigenvalue weighted by Gasteiger charge is 2.18. The maximum absolute atomic E-state index is 13.4. The minimum atomic E-state index is -0.310. The van der Waals surface area contributed by atoms with E-state index in [2.05, 4.69) is 5.32 Å². The first kappa shape index (κ1) is 15.4. The number of rotatable bonds is 3. The van der Waals surface area contributed by atoms with Gasteiger partial charge < -0.3 is 39.5 Å². The van der Waals surface area contributed by atoms with Crippen LogP contribution in [0.25, 0.3) is 0 Å². The van der Waals surface area contributed by atoms with E-state index in [9.17, 15) is 4.39 Å². The minimum Gasteiger partial charge on any atom is -1.00 e. The van der Waals surface area contributed by atoms with E-state index in [4.69, 9.17) is 5.73 Å². The average molecular weight is 339 g/mol. The topological polar surface area (TPSA) is 38.0 Å². The molecule has 3 nitrogen and oxygen atoms in total. The summed E-state index contributed by atoms with van der Waals surface area (Å²) < 4.78 is 14.2. The maximum atomic E-state index is 13.4. The molecule has 1 aromatic rings. The molecular weight excluding hydrogens is 320 g/mol. The van der Waals surface area contributed by atoms with Crippen LogP contribution in [-0.4, -0.2) is 31.8 Å². The van der Waals surface area contributed by atoms with Crippen molar-refractivity contribution in [3.63, 3.8) is 0 Å². The van der Waals surface area contributed by atoms with Gasteiger partial charge in [-0.25, -0.2) is 4.39 Å². The molecule has 3 N–H and O–H groups in total. The number of nitrogens with one attached hydrogen (secondary N) is 1. The zero-order valence-corrected chi connectivity index (χ0v) is 12.2. The summed E-state index contributed by atoms with van der Waals surface area (Å²) in [6.45, 7) is 2.01. The van der Waals surface area contributed by atoms with Crippen molar-refractivity contribution < 1.29 is 32.9 Å². The van der Waals surface area contributed by atoms with E-state index in [-0.39, 0.29) is 36.0 Å². The molecule has 0 aliphatic carbocycles. The molecule has 0 aromatic heterocycles. The van der Waals surface area contributed by atoms with E-state index in [1.807, 2.05) is 28.1 Å². The Balaban J connectivity index is 0.00000225. The fourth-order valence-electron chi connectivity index (χ4n) is 1.07. The van der Waals surface area contributed by atoms with Crippen LogP contribution in [0.2, 0.25) is 0 Å². The van der Waals surface area contributed by atoms with Crippen molar-refractivity contribution in [2.45, 2.75) is 13.1 Å². The maximum Gasteiger partial charge on any atom is 0.158 e. The number of hydrogen-bond donors (Lipinski definition) is 2. The van der Waals surface area contributed by atoms with Crippen LogP contribution in [0.4, 0.5) is 15.8 Å². The molecular formula is C11H19FIN3. The molecule has 0 radical (unpaired) electrons. The number of nitrogens with zero attached hydrogens (tertiary/aromatic N) is 1. The summed E-state index contributed by atoms with van der Waals surface area (Å²) in [5, 5.41) is 3.12. The van der Waals surface area contributed by atoms with Crippen LogP contribution in [0.5, 0.6) is 0 Å². The van der Waals surface area contributed by atoms with E-state index in [1.54, 1.807) is 12.1 Å². The van der Waals surface area contributed by atoms with Crippen molar-refractivity contribution in [3.05, 3.63) is 24.0 Å². The van der Waals surface area contributed by atoms with E-state index in [0.717, 1.165) is 0 Å². The molecule has 0 heterocycles. The van der Waals surface area contributed by atoms with Crippen LogP contribution in [-0.2, 0) is 0 Å². The Labute approximate surface area is 113 Å². The molecule has 0 saturated heterocycles. The molecule has 0 bridgehead atoms. The largest absolute Gasteiger partial charge is 1.00 e. The first-order valence-electron chi connectivity index (χ1n) is 4.93. The van der Waals surface area contributed by atoms with Crippen LogP contribution in [0.1, 0.15) is 6.92 Å². The van der Waals surface area contributed by atoms with Crippen LogP contribution in [0.15, 0.2) is 18.2 Å². The number of nitrogen functional groups attached to an aromatic ring is 1. The van der Waals surface area contributed by atoms with Gasteiger partial charge in [-0.3, -0.25) is 0 Å². The first-order valence-corrected chi connectivity index (χ1v) is 4.93. The summed E-state index contributed by atoms with van der Waals surface area (Å²) in [5.74, 6) is -0.310.